The average Bonchev–Trinajstić information content (AvgIpc) is 3.01. The molecule has 0 bridgehead atoms. The Bertz CT molecular complexity index is 1110. The first-order chi connectivity index (χ1) is 12.3. The van der Waals surface area contributed by atoms with E-state index in [2.05, 4.69) is 15.2 Å². The third-order valence-electron chi connectivity index (χ3n) is 3.42. The van der Waals surface area contributed by atoms with Crippen LogP contribution >= 0.6 is 11.6 Å². The Hall–Kier alpha value is -3.05. The van der Waals surface area contributed by atoms with Crippen molar-refractivity contribution in [2.45, 2.75) is 4.90 Å². The second kappa shape index (κ2) is 6.69. The number of hydrogen-bond acceptors (Lipinski definition) is 7. The molecule has 10 nitrogen and oxygen atoms in total. The first-order valence-electron chi connectivity index (χ1n) is 7.06. The highest BCUT2D eigenvalue weighted by molar-refractivity contribution is 7.89. The third-order valence-corrected chi connectivity index (χ3v) is 5.28. The lowest BCUT2D eigenvalue weighted by Gasteiger charge is -2.13. The molecular weight excluding hydrogens is 384 g/mol. The number of sulfonamides is 1. The van der Waals surface area contributed by atoms with Gasteiger partial charge >= 0.3 is 0 Å². The number of halogens is 1. The molecule has 0 aliphatic heterocycles. The molecule has 3 aromatic rings. The Kier molecular flexibility index (Phi) is 4.57. The Labute approximate surface area is 152 Å². The summed E-state index contributed by atoms with van der Waals surface area (Å²) in [6.07, 6.45) is 4.36. The van der Waals surface area contributed by atoms with Gasteiger partial charge in [0.2, 0.25) is 0 Å². The number of nitro groups is 1. The molecule has 134 valence electrons. The van der Waals surface area contributed by atoms with E-state index >= 15 is 0 Å². The van der Waals surface area contributed by atoms with E-state index in [1.807, 2.05) is 0 Å². The highest BCUT2D eigenvalue weighted by Crippen LogP contribution is 2.19. The van der Waals surface area contributed by atoms with Gasteiger partial charge in [-0.2, -0.15) is 23.0 Å². The van der Waals surface area contributed by atoms with Gasteiger partial charge in [0.25, 0.3) is 15.7 Å². The fourth-order valence-corrected chi connectivity index (χ4v) is 3.15. The minimum atomic E-state index is -3.96. The van der Waals surface area contributed by atoms with Crippen LogP contribution in [0.25, 0.3) is 5.65 Å². The zero-order valence-corrected chi connectivity index (χ0v) is 14.8. The van der Waals surface area contributed by atoms with Gasteiger partial charge in [0.1, 0.15) is 5.15 Å². The van der Waals surface area contributed by atoms with Crippen molar-refractivity contribution in [3.05, 3.63) is 63.6 Å². The Morgan fingerprint density at radius 3 is 2.65 bits per heavy atom. The SMILES string of the molecule is CN(/N=C/c1cnn2ccc(Cl)nc12)S(=O)(=O)c1ccc([N+](=O)[O-])cc1. The van der Waals surface area contributed by atoms with E-state index < -0.39 is 14.9 Å². The summed E-state index contributed by atoms with van der Waals surface area (Å²) in [7, 11) is -2.71. The standard InChI is InChI=1S/C14H11ClN6O4S/c1-19(26(24,25)12-4-2-11(3-5-12)21(22)23)16-8-10-9-17-20-7-6-13(15)18-14(10)20/h2-9H,1H3/b16-8+. The predicted molar refractivity (Wildman–Crippen MR) is 93.6 cm³/mol. The molecule has 0 radical (unpaired) electrons. The highest BCUT2D eigenvalue weighted by Gasteiger charge is 2.20. The molecule has 0 unspecified atom stereocenters. The van der Waals surface area contributed by atoms with Crippen LogP contribution in [0.2, 0.25) is 5.15 Å². The van der Waals surface area contributed by atoms with E-state index in [9.17, 15) is 18.5 Å². The molecule has 2 heterocycles. The van der Waals surface area contributed by atoms with Crippen molar-refractivity contribution in [2.75, 3.05) is 7.05 Å². The largest absolute Gasteiger partial charge is 0.278 e. The fourth-order valence-electron chi connectivity index (χ4n) is 2.05. The maximum Gasteiger partial charge on any atom is 0.278 e. The summed E-state index contributed by atoms with van der Waals surface area (Å²) in [6.45, 7) is 0. The van der Waals surface area contributed by atoms with Crippen LogP contribution in [-0.2, 0) is 10.0 Å². The van der Waals surface area contributed by atoms with E-state index in [1.165, 1.54) is 24.0 Å². The summed E-state index contributed by atoms with van der Waals surface area (Å²) in [5.74, 6) is 0. The molecule has 3 rings (SSSR count). The van der Waals surface area contributed by atoms with Crippen LogP contribution in [0.3, 0.4) is 0 Å². The zero-order valence-electron chi connectivity index (χ0n) is 13.2. The zero-order chi connectivity index (χ0) is 18.9. The molecule has 0 N–H and O–H groups in total. The molecule has 0 atom stereocenters. The quantitative estimate of drug-likeness (QED) is 0.282. The Morgan fingerprint density at radius 2 is 2.00 bits per heavy atom. The second-order valence-corrected chi connectivity index (χ2v) is 7.39. The van der Waals surface area contributed by atoms with E-state index in [0.29, 0.717) is 11.2 Å². The molecule has 0 saturated carbocycles. The van der Waals surface area contributed by atoms with E-state index in [4.69, 9.17) is 11.6 Å². The number of nitrogens with zero attached hydrogens (tertiary/aromatic N) is 6. The van der Waals surface area contributed by atoms with Gasteiger partial charge in [0.15, 0.2) is 5.65 Å². The van der Waals surface area contributed by atoms with Crippen LogP contribution in [0.15, 0.2) is 52.7 Å². The lowest BCUT2D eigenvalue weighted by molar-refractivity contribution is -0.384. The van der Waals surface area contributed by atoms with Gasteiger partial charge in [-0.1, -0.05) is 11.6 Å². The summed E-state index contributed by atoms with van der Waals surface area (Å²) in [4.78, 5) is 14.0. The van der Waals surface area contributed by atoms with E-state index in [-0.39, 0.29) is 15.7 Å². The molecule has 1 aromatic carbocycles. The topological polar surface area (TPSA) is 123 Å². The molecule has 26 heavy (non-hydrogen) atoms. The molecule has 0 aliphatic carbocycles. The number of fused-ring (bicyclic) bond motifs is 1. The van der Waals surface area contributed by atoms with Gasteiger partial charge in [-0.3, -0.25) is 10.1 Å². The lowest BCUT2D eigenvalue weighted by atomic mass is 10.3. The van der Waals surface area contributed by atoms with Crippen molar-refractivity contribution < 1.29 is 13.3 Å². The number of aromatic nitrogens is 3. The number of non-ortho nitro benzene ring substituents is 1. The van der Waals surface area contributed by atoms with Crippen LogP contribution in [0.1, 0.15) is 5.56 Å². The van der Waals surface area contributed by atoms with Gasteiger partial charge in [0.05, 0.1) is 27.8 Å². The lowest BCUT2D eigenvalue weighted by Crippen LogP contribution is -2.21. The molecular formula is C14H11ClN6O4S. The van der Waals surface area contributed by atoms with Gasteiger partial charge in [0, 0.05) is 25.4 Å². The maximum atomic E-state index is 12.5. The number of benzene rings is 1. The maximum absolute atomic E-state index is 12.5. The van der Waals surface area contributed by atoms with Crippen LogP contribution < -0.4 is 0 Å². The number of hydrogen-bond donors (Lipinski definition) is 0. The van der Waals surface area contributed by atoms with E-state index in [0.717, 1.165) is 28.7 Å². The minimum absolute atomic E-state index is 0.121. The molecule has 12 heteroatoms. The van der Waals surface area contributed by atoms with Crippen molar-refractivity contribution in [3.8, 4) is 0 Å². The Morgan fingerprint density at radius 1 is 1.31 bits per heavy atom. The van der Waals surface area contributed by atoms with Crippen LogP contribution in [-0.4, -0.2) is 45.6 Å². The monoisotopic (exact) mass is 394 g/mol. The van der Waals surface area contributed by atoms with Crippen molar-refractivity contribution in [3.63, 3.8) is 0 Å². The van der Waals surface area contributed by atoms with Crippen molar-refractivity contribution in [1.29, 1.82) is 0 Å². The summed E-state index contributed by atoms with van der Waals surface area (Å²) in [6, 6.07) is 6.09. The predicted octanol–water partition coefficient (Wildman–Crippen LogP) is 1.95. The summed E-state index contributed by atoms with van der Waals surface area (Å²) < 4.78 is 27.2. The third kappa shape index (κ3) is 3.34. The first-order valence-corrected chi connectivity index (χ1v) is 8.88. The minimum Gasteiger partial charge on any atom is -0.258 e. The molecule has 2 aromatic heterocycles. The normalized spacial score (nSPS) is 11.9. The van der Waals surface area contributed by atoms with Gasteiger partial charge in [-0.25, -0.2) is 9.50 Å². The molecule has 0 saturated heterocycles. The Balaban J connectivity index is 1.87. The van der Waals surface area contributed by atoms with Gasteiger partial charge in [-0.15, -0.1) is 0 Å². The summed E-state index contributed by atoms with van der Waals surface area (Å²) in [5, 5.41) is 18.9. The second-order valence-electron chi connectivity index (χ2n) is 5.05. The summed E-state index contributed by atoms with van der Waals surface area (Å²) in [5.41, 5.74) is 0.685. The van der Waals surface area contributed by atoms with Crippen LogP contribution in [0.5, 0.6) is 0 Å². The average molecular weight is 395 g/mol. The number of hydrazone groups is 1. The first kappa shape index (κ1) is 17.8. The van der Waals surface area contributed by atoms with Crippen LogP contribution in [0, 0.1) is 10.1 Å². The number of rotatable bonds is 5. The van der Waals surface area contributed by atoms with Crippen molar-refractivity contribution in [2.24, 2.45) is 5.10 Å². The van der Waals surface area contributed by atoms with Crippen molar-refractivity contribution >= 4 is 39.2 Å². The molecule has 0 fully saturated rings. The molecule has 0 amide bonds. The smallest absolute Gasteiger partial charge is 0.258 e. The van der Waals surface area contributed by atoms with Crippen molar-refractivity contribution in [1.82, 2.24) is 19.0 Å². The summed E-state index contributed by atoms with van der Waals surface area (Å²) >= 11 is 5.85. The fraction of sp³-hybridized carbons (Fsp3) is 0.0714. The number of nitro benzene ring substituents is 1. The van der Waals surface area contributed by atoms with Crippen LogP contribution in [0.4, 0.5) is 5.69 Å². The molecule has 0 spiro atoms. The highest BCUT2D eigenvalue weighted by atomic mass is 35.5. The molecule has 0 aliphatic rings. The van der Waals surface area contributed by atoms with Gasteiger partial charge < -0.3 is 0 Å². The van der Waals surface area contributed by atoms with E-state index in [1.54, 1.807) is 12.3 Å². The van der Waals surface area contributed by atoms with Gasteiger partial charge in [-0.05, 0) is 18.2 Å².